The minimum atomic E-state index is 1.14. The molecule has 0 atom stereocenters. The van der Waals surface area contributed by atoms with Crippen molar-refractivity contribution >= 4 is 65.4 Å². The van der Waals surface area contributed by atoms with Crippen molar-refractivity contribution < 1.29 is 0 Å². The molecule has 0 amide bonds. The molecule has 3 heterocycles. The second-order valence-corrected chi connectivity index (χ2v) is 13.3. The van der Waals surface area contributed by atoms with Crippen LogP contribution in [0.25, 0.3) is 93.6 Å². The summed E-state index contributed by atoms with van der Waals surface area (Å²) in [7, 11) is 0. The van der Waals surface area contributed by atoms with Crippen LogP contribution in [0.4, 0.5) is 0 Å². The van der Waals surface area contributed by atoms with Gasteiger partial charge in [-0.15, -0.1) is 0 Å². The molecular weight excluding hydrogens is 619 g/mol. The average Bonchev–Trinajstić information content (AvgIpc) is 3.85. The maximum Gasteiger partial charge on any atom is 0.0783 e. The van der Waals surface area contributed by atoms with Crippen LogP contribution in [0.1, 0.15) is 0 Å². The van der Waals surface area contributed by atoms with Gasteiger partial charge >= 0.3 is 0 Å². The molecule has 3 aromatic heterocycles. The van der Waals surface area contributed by atoms with Crippen LogP contribution >= 0.6 is 0 Å². The molecule has 0 fully saturated rings. The molecular formula is C48H31N3. The molecule has 3 heteroatoms. The van der Waals surface area contributed by atoms with Crippen molar-refractivity contribution in [2.45, 2.75) is 0 Å². The van der Waals surface area contributed by atoms with Crippen LogP contribution in [0.5, 0.6) is 0 Å². The highest BCUT2D eigenvalue weighted by Crippen LogP contribution is 2.43. The highest BCUT2D eigenvalue weighted by molar-refractivity contribution is 6.17. The normalized spacial score (nSPS) is 11.9. The first kappa shape index (κ1) is 28.0. The Morgan fingerprint density at radius 3 is 1.16 bits per heavy atom. The van der Waals surface area contributed by atoms with E-state index in [0.717, 1.165) is 17.1 Å². The lowest BCUT2D eigenvalue weighted by molar-refractivity contribution is 1.11. The van der Waals surface area contributed by atoms with E-state index >= 15 is 0 Å². The lowest BCUT2D eigenvalue weighted by Gasteiger charge is -2.17. The van der Waals surface area contributed by atoms with Crippen LogP contribution in [-0.2, 0) is 0 Å². The molecule has 0 radical (unpaired) electrons. The molecule has 0 spiro atoms. The Hall–Kier alpha value is -6.84. The smallest absolute Gasteiger partial charge is 0.0783 e. The van der Waals surface area contributed by atoms with Gasteiger partial charge in [0.25, 0.3) is 0 Å². The molecule has 3 nitrogen and oxygen atoms in total. The monoisotopic (exact) mass is 649 g/mol. The first-order chi connectivity index (χ1) is 25.3. The second kappa shape index (κ2) is 10.8. The van der Waals surface area contributed by atoms with Gasteiger partial charge in [0.05, 0.1) is 44.5 Å². The van der Waals surface area contributed by atoms with Gasteiger partial charge in [-0.3, -0.25) is 0 Å². The van der Waals surface area contributed by atoms with E-state index in [1.165, 1.54) is 76.5 Å². The predicted octanol–water partition coefficient (Wildman–Crippen LogP) is 12.6. The SMILES string of the molecule is c1ccc(-c2ccc(-n3c4ccccc4c4cccc(-n5c6ccccc6c6cccc(-n7c8ccccc8c8ccccc87)c65)c43)cc2)cc1. The van der Waals surface area contributed by atoms with Crippen molar-refractivity contribution in [3.63, 3.8) is 0 Å². The first-order valence-electron chi connectivity index (χ1n) is 17.5. The molecule has 8 aromatic carbocycles. The summed E-state index contributed by atoms with van der Waals surface area (Å²) in [6.07, 6.45) is 0. The van der Waals surface area contributed by atoms with E-state index < -0.39 is 0 Å². The van der Waals surface area contributed by atoms with Crippen LogP contribution in [0.3, 0.4) is 0 Å². The predicted molar refractivity (Wildman–Crippen MR) is 215 cm³/mol. The van der Waals surface area contributed by atoms with E-state index in [1.807, 2.05) is 0 Å². The fraction of sp³-hybridized carbons (Fsp3) is 0. The number of aromatic nitrogens is 3. The highest BCUT2D eigenvalue weighted by atomic mass is 15.1. The number of hydrogen-bond acceptors (Lipinski definition) is 0. The molecule has 238 valence electrons. The summed E-state index contributed by atoms with van der Waals surface area (Å²) in [6.45, 7) is 0. The van der Waals surface area contributed by atoms with Gasteiger partial charge in [-0.25, -0.2) is 0 Å². The quantitative estimate of drug-likeness (QED) is 0.180. The molecule has 0 unspecified atom stereocenters. The summed E-state index contributed by atoms with van der Waals surface area (Å²) in [5.41, 5.74) is 13.0. The summed E-state index contributed by atoms with van der Waals surface area (Å²) >= 11 is 0. The molecule has 0 aliphatic rings. The largest absolute Gasteiger partial charge is 0.307 e. The van der Waals surface area contributed by atoms with Gasteiger partial charge in [0, 0.05) is 38.0 Å². The molecule has 0 saturated heterocycles. The molecule has 0 saturated carbocycles. The molecule has 51 heavy (non-hydrogen) atoms. The summed E-state index contributed by atoms with van der Waals surface area (Å²) < 4.78 is 7.43. The standard InChI is InChI=1S/C48H31N3/c1-2-14-32(15-3-1)33-28-30-34(31-29-33)49-41-22-8-6-18-37(41)39-20-13-27-46(47(39)49)51-44-25-11-7-19-38(44)40-21-12-26-45(48(40)51)50-42-23-9-4-16-35(42)36-17-5-10-24-43(36)50/h1-31H. The van der Waals surface area contributed by atoms with Crippen molar-refractivity contribution in [1.29, 1.82) is 0 Å². The third-order valence-corrected chi connectivity index (χ3v) is 10.6. The Labute approximate surface area is 294 Å². The van der Waals surface area contributed by atoms with Crippen molar-refractivity contribution in [2.24, 2.45) is 0 Å². The fourth-order valence-electron chi connectivity index (χ4n) is 8.50. The Morgan fingerprint density at radius 2 is 0.608 bits per heavy atom. The zero-order valence-electron chi connectivity index (χ0n) is 27.7. The number of benzene rings is 8. The van der Waals surface area contributed by atoms with Gasteiger partial charge in [0.15, 0.2) is 0 Å². The summed E-state index contributed by atoms with van der Waals surface area (Å²) in [6, 6.07) is 68.4. The fourth-order valence-corrected chi connectivity index (χ4v) is 8.50. The van der Waals surface area contributed by atoms with E-state index in [-0.39, 0.29) is 0 Å². The maximum atomic E-state index is 2.51. The van der Waals surface area contributed by atoms with E-state index in [4.69, 9.17) is 0 Å². The van der Waals surface area contributed by atoms with E-state index in [2.05, 4.69) is 202 Å². The van der Waals surface area contributed by atoms with Crippen LogP contribution in [0.2, 0.25) is 0 Å². The van der Waals surface area contributed by atoms with Gasteiger partial charge in [-0.1, -0.05) is 140 Å². The van der Waals surface area contributed by atoms with Crippen molar-refractivity contribution in [2.75, 3.05) is 0 Å². The second-order valence-electron chi connectivity index (χ2n) is 13.3. The topological polar surface area (TPSA) is 14.8 Å². The van der Waals surface area contributed by atoms with Gasteiger partial charge in [0.1, 0.15) is 0 Å². The van der Waals surface area contributed by atoms with Gasteiger partial charge in [-0.2, -0.15) is 0 Å². The molecule has 0 bridgehead atoms. The Kier molecular flexibility index (Phi) is 5.96. The van der Waals surface area contributed by atoms with Crippen LogP contribution < -0.4 is 0 Å². The van der Waals surface area contributed by atoms with Crippen molar-refractivity contribution in [3.8, 4) is 28.2 Å². The van der Waals surface area contributed by atoms with Crippen LogP contribution in [0, 0.1) is 0 Å². The Balaban J connectivity index is 1.27. The summed E-state index contributed by atoms with van der Waals surface area (Å²) in [5.74, 6) is 0. The number of rotatable bonds is 4. The minimum Gasteiger partial charge on any atom is -0.307 e. The molecule has 11 aromatic rings. The number of hydrogen-bond donors (Lipinski definition) is 0. The maximum absolute atomic E-state index is 2.51. The summed E-state index contributed by atoms with van der Waals surface area (Å²) in [4.78, 5) is 0. The van der Waals surface area contributed by atoms with E-state index in [1.54, 1.807) is 0 Å². The summed E-state index contributed by atoms with van der Waals surface area (Å²) in [5, 5.41) is 7.46. The van der Waals surface area contributed by atoms with Gasteiger partial charge in [-0.05, 0) is 59.7 Å². The lowest BCUT2D eigenvalue weighted by atomic mass is 10.1. The Bertz CT molecular complexity index is 3070. The molecule has 0 N–H and O–H groups in total. The van der Waals surface area contributed by atoms with E-state index in [9.17, 15) is 0 Å². The van der Waals surface area contributed by atoms with Crippen LogP contribution in [-0.4, -0.2) is 13.7 Å². The van der Waals surface area contributed by atoms with Crippen molar-refractivity contribution in [1.82, 2.24) is 13.7 Å². The highest BCUT2D eigenvalue weighted by Gasteiger charge is 2.23. The zero-order valence-corrected chi connectivity index (χ0v) is 27.7. The number of para-hydroxylation sites is 6. The molecule has 0 aliphatic heterocycles. The van der Waals surface area contributed by atoms with Crippen LogP contribution in [0.15, 0.2) is 188 Å². The van der Waals surface area contributed by atoms with Gasteiger partial charge < -0.3 is 13.7 Å². The molecule has 11 rings (SSSR count). The third-order valence-electron chi connectivity index (χ3n) is 10.6. The van der Waals surface area contributed by atoms with E-state index in [0.29, 0.717) is 0 Å². The minimum absolute atomic E-state index is 1.14. The Morgan fingerprint density at radius 1 is 0.235 bits per heavy atom. The number of fused-ring (bicyclic) bond motifs is 9. The third kappa shape index (κ3) is 4.00. The first-order valence-corrected chi connectivity index (χ1v) is 17.5. The molecule has 0 aliphatic carbocycles. The van der Waals surface area contributed by atoms with Gasteiger partial charge in [0.2, 0.25) is 0 Å². The average molecular weight is 650 g/mol. The van der Waals surface area contributed by atoms with Crippen molar-refractivity contribution in [3.05, 3.63) is 188 Å². The zero-order chi connectivity index (χ0) is 33.5. The number of nitrogens with zero attached hydrogens (tertiary/aromatic N) is 3. The lowest BCUT2D eigenvalue weighted by Crippen LogP contribution is -2.03.